The lowest BCUT2D eigenvalue weighted by Crippen LogP contribution is -2.24. The van der Waals surface area contributed by atoms with Crippen LogP contribution in [0.2, 0.25) is 5.02 Å². The predicted octanol–water partition coefficient (Wildman–Crippen LogP) is 4.02. The number of benzene rings is 3. The molecule has 3 N–H and O–H groups in total. The lowest BCUT2D eigenvalue weighted by Gasteiger charge is -2.15. The van der Waals surface area contributed by atoms with E-state index in [2.05, 4.69) is 15.1 Å². The number of nitrogens with one attached hydrogen (secondary N) is 2. The lowest BCUT2D eigenvalue weighted by molar-refractivity contribution is 0.0689. The number of rotatable bonds is 9. The molecule has 1 aliphatic rings. The molecule has 14 heteroatoms. The van der Waals surface area contributed by atoms with Crippen LogP contribution in [0.1, 0.15) is 26.4 Å². The third kappa shape index (κ3) is 5.86. The molecule has 1 aliphatic heterocycles. The summed E-state index contributed by atoms with van der Waals surface area (Å²) in [4.78, 5) is 23.8. The molecular formula is C26H21ClN4O8S. The van der Waals surface area contributed by atoms with Crippen LogP contribution < -0.4 is 24.2 Å². The number of carboxylic acid groups (broad SMARTS) is 1. The van der Waals surface area contributed by atoms with Crippen LogP contribution in [0.25, 0.3) is 0 Å². The van der Waals surface area contributed by atoms with Crippen molar-refractivity contribution in [3.63, 3.8) is 0 Å². The molecule has 0 spiro atoms. The molecule has 0 aliphatic carbocycles. The van der Waals surface area contributed by atoms with Crippen LogP contribution in [0.15, 0.2) is 71.6 Å². The summed E-state index contributed by atoms with van der Waals surface area (Å²) in [6.07, 6.45) is 0. The Morgan fingerprint density at radius 1 is 1.07 bits per heavy atom. The Labute approximate surface area is 233 Å². The van der Waals surface area contributed by atoms with Crippen molar-refractivity contribution in [1.82, 2.24) is 14.5 Å². The normalized spacial score (nSPS) is 12.2. The molecule has 1 amide bonds. The number of hydrogen-bond donors (Lipinski definition) is 3. The molecule has 40 heavy (non-hydrogen) atoms. The van der Waals surface area contributed by atoms with Crippen molar-refractivity contribution in [2.45, 2.75) is 11.4 Å². The molecule has 2 heterocycles. The van der Waals surface area contributed by atoms with Gasteiger partial charge in [0.25, 0.3) is 5.91 Å². The van der Waals surface area contributed by atoms with Crippen LogP contribution in [-0.2, 0) is 23.6 Å². The van der Waals surface area contributed by atoms with Gasteiger partial charge in [-0.25, -0.2) is 22.6 Å². The van der Waals surface area contributed by atoms with Gasteiger partial charge in [-0.2, -0.15) is 5.10 Å². The number of halogens is 1. The van der Waals surface area contributed by atoms with Gasteiger partial charge >= 0.3 is 5.97 Å². The SMILES string of the molecule is Cn1nc(C(=O)O)cc1Oc1ccc(NC(=O)c2cccc(Cl)c2)cc1S(=O)(=O)NCc1ccc2c(c1)OCO2. The van der Waals surface area contributed by atoms with Crippen LogP contribution >= 0.6 is 11.6 Å². The molecule has 3 aromatic carbocycles. The Hall–Kier alpha value is -4.59. The second kappa shape index (κ2) is 10.9. The number of carbonyl (C=O) groups excluding carboxylic acids is 1. The van der Waals surface area contributed by atoms with Gasteiger partial charge < -0.3 is 24.6 Å². The fourth-order valence-corrected chi connectivity index (χ4v) is 5.14. The topological polar surface area (TPSA) is 158 Å². The van der Waals surface area contributed by atoms with E-state index in [9.17, 15) is 23.1 Å². The van der Waals surface area contributed by atoms with Gasteiger partial charge in [0.05, 0.1) is 0 Å². The average molecular weight is 585 g/mol. The molecule has 0 bridgehead atoms. The van der Waals surface area contributed by atoms with Crippen molar-refractivity contribution in [2.24, 2.45) is 7.05 Å². The minimum absolute atomic E-state index is 0.0136. The van der Waals surface area contributed by atoms with Crippen molar-refractivity contribution >= 4 is 39.2 Å². The largest absolute Gasteiger partial charge is 0.476 e. The summed E-state index contributed by atoms with van der Waals surface area (Å²) < 4.78 is 47.1. The van der Waals surface area contributed by atoms with E-state index >= 15 is 0 Å². The highest BCUT2D eigenvalue weighted by atomic mass is 35.5. The summed E-state index contributed by atoms with van der Waals surface area (Å²) >= 11 is 5.98. The van der Waals surface area contributed by atoms with Crippen molar-refractivity contribution in [3.05, 3.63) is 88.6 Å². The van der Waals surface area contributed by atoms with E-state index in [-0.39, 0.29) is 46.8 Å². The summed E-state index contributed by atoms with van der Waals surface area (Å²) in [5.74, 6) is -0.869. The van der Waals surface area contributed by atoms with Crippen LogP contribution in [0.4, 0.5) is 5.69 Å². The standard InChI is InChI=1S/C26H21ClN4O8S/c1-31-24(12-19(30-31)26(33)34)39-21-8-6-18(29-25(32)16-3-2-4-17(27)10-16)11-23(21)40(35,36)28-13-15-5-7-20-22(9-15)38-14-37-20/h2-12,28H,13-14H2,1H3,(H,29,32)(H,33,34). The molecule has 0 radical (unpaired) electrons. The maximum Gasteiger partial charge on any atom is 0.356 e. The Morgan fingerprint density at radius 2 is 1.88 bits per heavy atom. The fraction of sp³-hybridized carbons (Fsp3) is 0.115. The lowest BCUT2D eigenvalue weighted by atomic mass is 10.2. The number of aromatic carboxylic acids is 1. The first-order valence-electron chi connectivity index (χ1n) is 11.6. The monoisotopic (exact) mass is 584 g/mol. The summed E-state index contributed by atoms with van der Waals surface area (Å²) in [6, 6.07) is 16.5. The molecule has 0 saturated heterocycles. The van der Waals surface area contributed by atoms with Gasteiger partial charge in [0.15, 0.2) is 17.2 Å². The maximum atomic E-state index is 13.5. The van der Waals surface area contributed by atoms with E-state index in [1.54, 1.807) is 36.4 Å². The zero-order valence-electron chi connectivity index (χ0n) is 20.8. The van der Waals surface area contributed by atoms with Gasteiger partial charge in [-0.05, 0) is 54.1 Å². The minimum Gasteiger partial charge on any atom is -0.476 e. The summed E-state index contributed by atoms with van der Waals surface area (Å²) in [6.45, 7) is -0.0110. The number of fused-ring (bicyclic) bond motifs is 1. The first-order chi connectivity index (χ1) is 19.1. The van der Waals surface area contributed by atoms with Gasteiger partial charge in [-0.3, -0.25) is 4.79 Å². The first kappa shape index (κ1) is 27.0. The molecule has 206 valence electrons. The quantitative estimate of drug-likeness (QED) is 0.264. The van der Waals surface area contributed by atoms with E-state index in [0.29, 0.717) is 22.1 Å². The molecule has 0 atom stereocenters. The molecule has 0 saturated carbocycles. The Morgan fingerprint density at radius 3 is 2.62 bits per heavy atom. The third-order valence-corrected chi connectivity index (χ3v) is 7.41. The highest BCUT2D eigenvalue weighted by Gasteiger charge is 2.24. The van der Waals surface area contributed by atoms with Gasteiger partial charge in [-0.1, -0.05) is 23.7 Å². The van der Waals surface area contributed by atoms with Crippen molar-refractivity contribution in [3.8, 4) is 23.1 Å². The second-order valence-electron chi connectivity index (χ2n) is 8.54. The summed E-state index contributed by atoms with van der Waals surface area (Å²) in [7, 11) is -2.79. The van der Waals surface area contributed by atoms with Crippen molar-refractivity contribution in [2.75, 3.05) is 12.1 Å². The second-order valence-corrected chi connectivity index (χ2v) is 10.7. The van der Waals surface area contributed by atoms with Crippen LogP contribution in [0, 0.1) is 0 Å². The van der Waals surface area contributed by atoms with Gasteiger partial charge in [0, 0.05) is 35.9 Å². The highest BCUT2D eigenvalue weighted by Crippen LogP contribution is 2.34. The molecule has 4 aromatic rings. The minimum atomic E-state index is -4.24. The molecule has 12 nitrogen and oxygen atoms in total. The fourth-order valence-electron chi connectivity index (χ4n) is 3.78. The average Bonchev–Trinajstić information content (AvgIpc) is 3.54. The van der Waals surface area contributed by atoms with Crippen LogP contribution in [-0.4, -0.2) is 42.0 Å². The number of aromatic nitrogens is 2. The molecule has 0 fully saturated rings. The van der Waals surface area contributed by atoms with Gasteiger partial charge in [-0.15, -0.1) is 0 Å². The van der Waals surface area contributed by atoms with Crippen LogP contribution in [0.5, 0.6) is 23.1 Å². The molecule has 1 aromatic heterocycles. The summed E-state index contributed by atoms with van der Waals surface area (Å²) in [5, 5.41) is 16.1. The zero-order chi connectivity index (χ0) is 28.4. The van der Waals surface area contributed by atoms with Crippen molar-refractivity contribution in [1.29, 1.82) is 0 Å². The predicted molar refractivity (Wildman–Crippen MR) is 143 cm³/mol. The number of carboxylic acids is 1. The third-order valence-electron chi connectivity index (χ3n) is 5.75. The maximum absolute atomic E-state index is 13.5. The number of amides is 1. The van der Waals surface area contributed by atoms with Crippen LogP contribution in [0.3, 0.4) is 0 Å². The van der Waals surface area contributed by atoms with E-state index in [4.69, 9.17) is 25.8 Å². The smallest absolute Gasteiger partial charge is 0.356 e. The number of carbonyl (C=O) groups is 2. The Bertz CT molecular complexity index is 1740. The number of aryl methyl sites for hydroxylation is 1. The molecule has 5 rings (SSSR count). The zero-order valence-corrected chi connectivity index (χ0v) is 22.3. The number of sulfonamides is 1. The number of hydrogen-bond acceptors (Lipinski definition) is 8. The van der Waals surface area contributed by atoms with Gasteiger partial charge in [0.1, 0.15) is 10.6 Å². The van der Waals surface area contributed by atoms with E-state index < -0.39 is 21.9 Å². The molecular weight excluding hydrogens is 564 g/mol. The highest BCUT2D eigenvalue weighted by molar-refractivity contribution is 7.89. The number of anilines is 1. The first-order valence-corrected chi connectivity index (χ1v) is 13.5. The number of ether oxygens (including phenoxy) is 3. The Balaban J connectivity index is 1.46. The van der Waals surface area contributed by atoms with Gasteiger partial charge in [0.2, 0.25) is 22.7 Å². The van der Waals surface area contributed by atoms with E-state index in [0.717, 1.165) is 10.7 Å². The van der Waals surface area contributed by atoms with E-state index in [1.165, 1.54) is 31.3 Å². The number of nitrogens with zero attached hydrogens (tertiary/aromatic N) is 2. The Kier molecular flexibility index (Phi) is 7.34. The van der Waals surface area contributed by atoms with Crippen molar-refractivity contribution < 1.29 is 37.3 Å². The molecule has 0 unspecified atom stereocenters. The summed E-state index contributed by atoms with van der Waals surface area (Å²) in [5.41, 5.74) is 0.762. The van der Waals surface area contributed by atoms with E-state index in [1.807, 2.05) is 0 Å².